The van der Waals surface area contributed by atoms with E-state index in [1.165, 1.54) is 38.5 Å². The third kappa shape index (κ3) is 6.82. The van der Waals surface area contributed by atoms with Crippen LogP contribution in [0.5, 0.6) is 23.1 Å². The van der Waals surface area contributed by atoms with Crippen LogP contribution in [0, 0.1) is 25.6 Å². The van der Waals surface area contributed by atoms with Gasteiger partial charge in [-0.25, -0.2) is 9.37 Å². The van der Waals surface area contributed by atoms with Gasteiger partial charge in [-0.1, -0.05) is 33.1 Å². The minimum Gasteiger partial charge on any atom is -0.488 e. The number of anilines is 1. The zero-order valence-electron chi connectivity index (χ0n) is 25.2. The van der Waals surface area contributed by atoms with Crippen LogP contribution in [-0.4, -0.2) is 34.2 Å². The second kappa shape index (κ2) is 14.0. The molecule has 1 amide bonds. The van der Waals surface area contributed by atoms with Crippen LogP contribution in [0.1, 0.15) is 61.3 Å². The second-order valence-corrected chi connectivity index (χ2v) is 10.8. The molecule has 1 aliphatic rings. The van der Waals surface area contributed by atoms with E-state index in [9.17, 15) is 9.59 Å². The van der Waals surface area contributed by atoms with E-state index in [1.807, 2.05) is 13.8 Å². The van der Waals surface area contributed by atoms with E-state index in [0.29, 0.717) is 45.2 Å². The summed E-state index contributed by atoms with van der Waals surface area (Å²) in [6, 6.07) is 7.32. The molecule has 5 rings (SSSR count). The van der Waals surface area contributed by atoms with Crippen molar-refractivity contribution in [2.24, 2.45) is 13.0 Å². The molecule has 1 N–H and O–H groups in total. The van der Waals surface area contributed by atoms with Crippen molar-refractivity contribution in [3.05, 3.63) is 74.0 Å². The van der Waals surface area contributed by atoms with Gasteiger partial charge >= 0.3 is 0 Å². The lowest BCUT2D eigenvalue weighted by Gasteiger charge is -2.25. The molecule has 9 nitrogen and oxygen atoms in total. The smallest absolute Gasteiger partial charge is 0.261 e. The standard InChI is InChI=1S/C30H30BrFN4O5.C2H6/c1-16-25(28(37)26(31)17(2)36(16)3)29(38)34-19-8-9-22(20(32)14-19)41-23-10-12-33-21-15-24(30(39-4)35-27(21)23)40-13-11-18-6-5-7-18;1-2/h8-10,12,14-15,18H,5-7,11,13H2,1-4H3,(H,34,38);1-2H3. The van der Waals surface area contributed by atoms with Crippen molar-refractivity contribution in [2.45, 2.75) is 53.4 Å². The number of ether oxygens (including phenoxy) is 3. The van der Waals surface area contributed by atoms with Crippen LogP contribution in [-0.2, 0) is 7.05 Å². The summed E-state index contributed by atoms with van der Waals surface area (Å²) >= 11 is 3.26. The molecule has 0 saturated heterocycles. The van der Waals surface area contributed by atoms with Crippen LogP contribution >= 0.6 is 15.9 Å². The molecule has 43 heavy (non-hydrogen) atoms. The number of methoxy groups -OCH3 is 1. The number of hydrogen-bond acceptors (Lipinski definition) is 7. The molecular formula is C32H36BrFN4O5. The molecular weight excluding hydrogens is 619 g/mol. The average Bonchev–Trinajstić information content (AvgIpc) is 2.98. The van der Waals surface area contributed by atoms with Crippen molar-refractivity contribution in [1.29, 1.82) is 0 Å². The van der Waals surface area contributed by atoms with Gasteiger partial charge in [0.15, 0.2) is 23.1 Å². The molecule has 4 aromatic rings. The van der Waals surface area contributed by atoms with Crippen molar-refractivity contribution in [3.63, 3.8) is 0 Å². The van der Waals surface area contributed by atoms with E-state index in [2.05, 4.69) is 31.2 Å². The molecule has 1 aromatic carbocycles. The maximum Gasteiger partial charge on any atom is 0.261 e. The predicted molar refractivity (Wildman–Crippen MR) is 168 cm³/mol. The monoisotopic (exact) mass is 654 g/mol. The quantitative estimate of drug-likeness (QED) is 0.199. The van der Waals surface area contributed by atoms with Gasteiger partial charge < -0.3 is 24.1 Å². The molecule has 0 spiro atoms. The summed E-state index contributed by atoms with van der Waals surface area (Å²) in [6.07, 6.45) is 6.29. The van der Waals surface area contributed by atoms with Gasteiger partial charge in [-0.3, -0.25) is 14.6 Å². The van der Waals surface area contributed by atoms with Crippen LogP contribution in [0.25, 0.3) is 11.0 Å². The zero-order chi connectivity index (χ0) is 31.3. The largest absolute Gasteiger partial charge is 0.488 e. The Morgan fingerprint density at radius 2 is 1.86 bits per heavy atom. The highest BCUT2D eigenvalue weighted by Gasteiger charge is 2.21. The molecule has 0 atom stereocenters. The van der Waals surface area contributed by atoms with Crippen LogP contribution in [0.3, 0.4) is 0 Å². The first-order valence-corrected chi connectivity index (χ1v) is 15.1. The molecule has 3 heterocycles. The summed E-state index contributed by atoms with van der Waals surface area (Å²) in [7, 11) is 3.26. The average molecular weight is 656 g/mol. The lowest BCUT2D eigenvalue weighted by Crippen LogP contribution is -2.27. The molecule has 0 radical (unpaired) electrons. The van der Waals surface area contributed by atoms with Crippen molar-refractivity contribution in [3.8, 4) is 23.1 Å². The minimum atomic E-state index is -0.717. The third-order valence-corrected chi connectivity index (χ3v) is 8.49. The normalized spacial score (nSPS) is 12.7. The van der Waals surface area contributed by atoms with Gasteiger partial charge in [-0.05, 0) is 54.2 Å². The van der Waals surface area contributed by atoms with E-state index in [1.54, 1.807) is 43.8 Å². The van der Waals surface area contributed by atoms with E-state index in [0.717, 1.165) is 12.5 Å². The fraction of sp³-hybridized carbons (Fsp3) is 0.375. The highest BCUT2D eigenvalue weighted by molar-refractivity contribution is 9.10. The summed E-state index contributed by atoms with van der Waals surface area (Å²) in [4.78, 5) is 34.6. The maximum atomic E-state index is 15.1. The van der Waals surface area contributed by atoms with Crippen LogP contribution < -0.4 is 25.0 Å². The fourth-order valence-electron chi connectivity index (χ4n) is 4.71. The van der Waals surface area contributed by atoms with Crippen LogP contribution in [0.4, 0.5) is 10.1 Å². The number of rotatable bonds is 9. The van der Waals surface area contributed by atoms with Crippen molar-refractivity contribution < 1.29 is 23.4 Å². The fourth-order valence-corrected chi connectivity index (χ4v) is 5.17. The number of nitrogens with one attached hydrogen (secondary N) is 1. The number of carbonyl (C=O) groups excluding carboxylic acids is 1. The Balaban J connectivity index is 0.00000207. The Morgan fingerprint density at radius 1 is 1.12 bits per heavy atom. The molecule has 0 aliphatic heterocycles. The van der Waals surface area contributed by atoms with E-state index in [4.69, 9.17) is 14.2 Å². The van der Waals surface area contributed by atoms with Crippen molar-refractivity contribution >= 4 is 38.6 Å². The first-order valence-electron chi connectivity index (χ1n) is 14.3. The van der Waals surface area contributed by atoms with Crippen LogP contribution in [0.2, 0.25) is 0 Å². The minimum absolute atomic E-state index is 0.0274. The first kappa shape index (κ1) is 31.9. The number of carbonyl (C=O) groups is 1. The molecule has 11 heteroatoms. The summed E-state index contributed by atoms with van der Waals surface area (Å²) < 4.78 is 34.5. The number of benzene rings is 1. The second-order valence-electron chi connectivity index (χ2n) is 10.1. The van der Waals surface area contributed by atoms with Gasteiger partial charge in [0.2, 0.25) is 5.43 Å². The summed E-state index contributed by atoms with van der Waals surface area (Å²) in [6.45, 7) is 8.02. The molecule has 0 unspecified atom stereocenters. The first-order chi connectivity index (χ1) is 20.7. The number of halogens is 2. The van der Waals surface area contributed by atoms with Crippen molar-refractivity contribution in [2.75, 3.05) is 19.0 Å². The van der Waals surface area contributed by atoms with Gasteiger partial charge in [-0.2, -0.15) is 0 Å². The molecule has 3 aromatic heterocycles. The van der Waals surface area contributed by atoms with Gasteiger partial charge in [0.05, 0.1) is 23.7 Å². The topological polar surface area (TPSA) is 105 Å². The number of hydrogen-bond donors (Lipinski definition) is 1. The zero-order valence-corrected chi connectivity index (χ0v) is 26.8. The number of fused-ring (bicyclic) bond motifs is 1. The highest BCUT2D eigenvalue weighted by Crippen LogP contribution is 2.36. The summed E-state index contributed by atoms with van der Waals surface area (Å²) in [5.41, 5.74) is 1.78. The number of pyridine rings is 3. The Kier molecular flexibility index (Phi) is 10.4. The number of amides is 1. The predicted octanol–water partition coefficient (Wildman–Crippen LogP) is 7.50. The molecule has 1 aliphatic carbocycles. The molecule has 228 valence electrons. The molecule has 1 saturated carbocycles. The maximum absolute atomic E-state index is 15.1. The Bertz CT molecular complexity index is 1700. The Hall–Kier alpha value is -3.99. The van der Waals surface area contributed by atoms with Gasteiger partial charge in [-0.15, -0.1) is 0 Å². The number of nitrogens with zero attached hydrogens (tertiary/aromatic N) is 3. The van der Waals surface area contributed by atoms with Gasteiger partial charge in [0.25, 0.3) is 11.8 Å². The van der Waals surface area contributed by atoms with E-state index in [-0.39, 0.29) is 28.6 Å². The van der Waals surface area contributed by atoms with Gasteiger partial charge in [0.1, 0.15) is 11.1 Å². The van der Waals surface area contributed by atoms with E-state index < -0.39 is 17.2 Å². The van der Waals surface area contributed by atoms with Crippen LogP contribution in [0.15, 0.2) is 45.8 Å². The molecule has 1 fully saturated rings. The molecule has 0 bridgehead atoms. The number of aromatic nitrogens is 3. The third-order valence-electron chi connectivity index (χ3n) is 7.56. The van der Waals surface area contributed by atoms with Gasteiger partial charge in [0, 0.05) is 48.5 Å². The highest BCUT2D eigenvalue weighted by atomic mass is 79.9. The summed E-state index contributed by atoms with van der Waals surface area (Å²) in [5, 5.41) is 2.61. The lowest BCUT2D eigenvalue weighted by molar-refractivity contribution is 0.102. The Labute approximate surface area is 258 Å². The lowest BCUT2D eigenvalue weighted by atomic mass is 9.83. The SMILES string of the molecule is CC.COc1nc2c(Oc3ccc(NC(=O)c4c(C)n(C)c(C)c(Br)c4=O)cc3F)ccnc2cc1OCCC1CCC1. The van der Waals surface area contributed by atoms with E-state index >= 15 is 4.39 Å². The Morgan fingerprint density at radius 3 is 2.51 bits per heavy atom. The van der Waals surface area contributed by atoms with Crippen molar-refractivity contribution in [1.82, 2.24) is 14.5 Å². The summed E-state index contributed by atoms with van der Waals surface area (Å²) in [5.74, 6) is 0.316.